The summed E-state index contributed by atoms with van der Waals surface area (Å²) in [6, 6.07) is 21.7. The Morgan fingerprint density at radius 3 is 2.60 bits per heavy atom. The quantitative estimate of drug-likeness (QED) is 0.244. The Morgan fingerprint density at radius 1 is 1.03 bits per heavy atom. The number of hydrogen-bond acceptors (Lipinski definition) is 4. The number of amides is 1. The average Bonchev–Trinajstić information content (AvgIpc) is 2.87. The number of aryl methyl sites for hydroxylation is 3. The van der Waals surface area contributed by atoms with Gasteiger partial charge >= 0.3 is 0 Å². The lowest BCUT2D eigenvalue weighted by molar-refractivity contribution is 0.0954. The van der Waals surface area contributed by atoms with Crippen LogP contribution in [0.2, 0.25) is 0 Å². The van der Waals surface area contributed by atoms with E-state index in [2.05, 4.69) is 49.5 Å². The molecule has 0 aliphatic carbocycles. The van der Waals surface area contributed by atoms with Crippen molar-refractivity contribution in [3.8, 4) is 0 Å². The maximum absolute atomic E-state index is 13.6. The van der Waals surface area contributed by atoms with E-state index in [1.807, 2.05) is 25.1 Å². The Labute approximate surface area is 210 Å². The Hall–Kier alpha value is -3.38. The number of fused-ring (bicyclic) bond motifs is 1. The molecule has 5 nitrogen and oxygen atoms in total. The van der Waals surface area contributed by atoms with Crippen molar-refractivity contribution in [2.45, 2.75) is 51.1 Å². The normalized spacial score (nSPS) is 11.1. The lowest BCUT2D eigenvalue weighted by Crippen LogP contribution is -2.26. The molecule has 1 heterocycles. The van der Waals surface area contributed by atoms with Crippen LogP contribution in [0.25, 0.3) is 10.9 Å². The first-order valence-electron chi connectivity index (χ1n) is 12.0. The number of nitrogens with zero attached hydrogens (tertiary/aromatic N) is 2. The summed E-state index contributed by atoms with van der Waals surface area (Å²) >= 11 is 1.57. The second kappa shape index (κ2) is 11.4. The highest BCUT2D eigenvalue weighted by Gasteiger charge is 2.15. The van der Waals surface area contributed by atoms with Crippen LogP contribution in [0.4, 0.5) is 0 Å². The molecule has 0 unspecified atom stereocenters. The Morgan fingerprint density at radius 2 is 1.83 bits per heavy atom. The maximum atomic E-state index is 13.6. The smallest absolute Gasteiger partial charge is 0.262 e. The van der Waals surface area contributed by atoms with E-state index >= 15 is 0 Å². The van der Waals surface area contributed by atoms with Crippen LogP contribution in [-0.2, 0) is 18.7 Å². The topological polar surface area (TPSA) is 64.0 Å². The number of nitrogens with one attached hydrogen (secondary N) is 1. The van der Waals surface area contributed by atoms with Gasteiger partial charge < -0.3 is 5.32 Å². The fourth-order valence-corrected chi connectivity index (χ4v) is 5.06. The van der Waals surface area contributed by atoms with Crippen molar-refractivity contribution >= 4 is 28.6 Å². The van der Waals surface area contributed by atoms with E-state index in [4.69, 9.17) is 4.98 Å². The molecule has 1 aromatic heterocycles. The summed E-state index contributed by atoms with van der Waals surface area (Å²) in [6.45, 7) is 7.36. The summed E-state index contributed by atoms with van der Waals surface area (Å²) < 4.78 is 1.78. The van der Waals surface area contributed by atoms with Gasteiger partial charge in [0.1, 0.15) is 0 Å². The van der Waals surface area contributed by atoms with Gasteiger partial charge in [0.15, 0.2) is 5.16 Å². The van der Waals surface area contributed by atoms with Crippen molar-refractivity contribution in [3.05, 3.63) is 105 Å². The van der Waals surface area contributed by atoms with Crippen molar-refractivity contribution in [1.29, 1.82) is 0 Å². The fraction of sp³-hybridized carbons (Fsp3) is 0.276. The molecule has 35 heavy (non-hydrogen) atoms. The molecule has 0 bridgehead atoms. The third-order valence-electron chi connectivity index (χ3n) is 6.05. The van der Waals surface area contributed by atoms with E-state index in [-0.39, 0.29) is 11.5 Å². The number of benzene rings is 3. The summed E-state index contributed by atoms with van der Waals surface area (Å²) in [5, 5.41) is 4.10. The Kier molecular flexibility index (Phi) is 8.03. The first kappa shape index (κ1) is 24.7. The third-order valence-corrected chi connectivity index (χ3v) is 7.07. The number of thioether (sulfide) groups is 1. The Balaban J connectivity index is 1.71. The molecule has 180 valence electrons. The van der Waals surface area contributed by atoms with Crippen LogP contribution in [0.5, 0.6) is 0 Å². The summed E-state index contributed by atoms with van der Waals surface area (Å²) in [4.78, 5) is 30.9. The highest BCUT2D eigenvalue weighted by atomic mass is 32.2. The molecule has 0 atom stereocenters. The van der Waals surface area contributed by atoms with Gasteiger partial charge in [0.2, 0.25) is 0 Å². The molecule has 0 saturated carbocycles. The molecular formula is C29H31N3O2S. The van der Waals surface area contributed by atoms with Crippen molar-refractivity contribution in [2.75, 3.05) is 6.54 Å². The van der Waals surface area contributed by atoms with E-state index in [0.717, 1.165) is 12.8 Å². The number of aromatic nitrogens is 2. The summed E-state index contributed by atoms with van der Waals surface area (Å²) in [6.07, 6.45) is 1.60. The summed E-state index contributed by atoms with van der Waals surface area (Å²) in [7, 11) is 0. The van der Waals surface area contributed by atoms with E-state index in [1.165, 1.54) is 22.3 Å². The SMILES string of the molecule is CCCNC(=O)c1ccc2c(=O)n(CCc3ccccc3)c(SCc3cc(C)ccc3C)nc2c1. The fourth-order valence-electron chi connectivity index (χ4n) is 3.97. The second-order valence-corrected chi connectivity index (χ2v) is 9.74. The van der Waals surface area contributed by atoms with E-state index in [9.17, 15) is 9.59 Å². The highest BCUT2D eigenvalue weighted by molar-refractivity contribution is 7.98. The molecule has 4 aromatic rings. The minimum atomic E-state index is -0.145. The number of hydrogen-bond donors (Lipinski definition) is 1. The molecule has 0 saturated heterocycles. The van der Waals surface area contributed by atoms with Gasteiger partial charge in [-0.15, -0.1) is 0 Å². The summed E-state index contributed by atoms with van der Waals surface area (Å²) in [5.41, 5.74) is 5.83. The van der Waals surface area contributed by atoms with Gasteiger partial charge in [-0.2, -0.15) is 0 Å². The predicted molar refractivity (Wildman–Crippen MR) is 144 cm³/mol. The van der Waals surface area contributed by atoms with E-state index < -0.39 is 0 Å². The van der Waals surface area contributed by atoms with Gasteiger partial charge in [-0.1, -0.05) is 72.8 Å². The van der Waals surface area contributed by atoms with E-state index in [0.29, 0.717) is 40.5 Å². The van der Waals surface area contributed by atoms with Crippen molar-refractivity contribution in [1.82, 2.24) is 14.9 Å². The average molecular weight is 486 g/mol. The first-order valence-corrected chi connectivity index (χ1v) is 13.0. The molecule has 3 aromatic carbocycles. The van der Waals surface area contributed by atoms with Crippen LogP contribution in [-0.4, -0.2) is 22.0 Å². The molecule has 4 rings (SSSR count). The first-order chi connectivity index (χ1) is 17.0. The molecule has 1 N–H and O–H groups in total. The van der Waals surface area contributed by atoms with Crippen LogP contribution in [0, 0.1) is 13.8 Å². The van der Waals surface area contributed by atoms with Gasteiger partial charge in [0.05, 0.1) is 10.9 Å². The predicted octanol–water partition coefficient (Wildman–Crippen LogP) is 5.69. The number of carbonyl (C=O) groups excluding carboxylic acids is 1. The van der Waals surface area contributed by atoms with Gasteiger partial charge in [0, 0.05) is 24.4 Å². The lowest BCUT2D eigenvalue weighted by atomic mass is 10.1. The largest absolute Gasteiger partial charge is 0.352 e. The second-order valence-electron chi connectivity index (χ2n) is 8.79. The van der Waals surface area contributed by atoms with Crippen molar-refractivity contribution in [3.63, 3.8) is 0 Å². The lowest BCUT2D eigenvalue weighted by Gasteiger charge is -2.15. The Bertz CT molecular complexity index is 1400. The molecule has 0 radical (unpaired) electrons. The zero-order valence-electron chi connectivity index (χ0n) is 20.5. The maximum Gasteiger partial charge on any atom is 0.262 e. The molecule has 1 amide bonds. The zero-order valence-corrected chi connectivity index (χ0v) is 21.3. The van der Waals surface area contributed by atoms with Gasteiger partial charge in [-0.25, -0.2) is 4.98 Å². The van der Waals surface area contributed by atoms with Crippen LogP contribution in [0.15, 0.2) is 76.7 Å². The van der Waals surface area contributed by atoms with Crippen molar-refractivity contribution < 1.29 is 4.79 Å². The van der Waals surface area contributed by atoms with Crippen molar-refractivity contribution in [2.24, 2.45) is 0 Å². The standard InChI is InChI=1S/C29H31N3O2S/c1-4-15-30-27(33)23-12-13-25-26(18-23)31-29(35-19-24-17-20(2)10-11-21(24)3)32(28(25)34)16-14-22-8-6-5-7-9-22/h5-13,17-18H,4,14-16,19H2,1-3H3,(H,30,33). The molecule has 0 aliphatic heterocycles. The van der Waals surface area contributed by atoms with Crippen LogP contribution in [0.1, 0.15) is 46.0 Å². The third kappa shape index (κ3) is 6.01. The van der Waals surface area contributed by atoms with Crippen LogP contribution < -0.4 is 10.9 Å². The minimum absolute atomic E-state index is 0.0742. The highest BCUT2D eigenvalue weighted by Crippen LogP contribution is 2.25. The minimum Gasteiger partial charge on any atom is -0.352 e. The molecule has 6 heteroatoms. The molecule has 0 fully saturated rings. The van der Waals surface area contributed by atoms with E-state index in [1.54, 1.807) is 34.5 Å². The number of rotatable bonds is 9. The number of carbonyl (C=O) groups is 1. The monoisotopic (exact) mass is 485 g/mol. The molecular weight excluding hydrogens is 454 g/mol. The van der Waals surface area contributed by atoms with Gasteiger partial charge in [-0.05, 0) is 61.6 Å². The molecule has 0 spiro atoms. The van der Waals surface area contributed by atoms with Gasteiger partial charge in [-0.3, -0.25) is 14.2 Å². The van der Waals surface area contributed by atoms with Crippen LogP contribution >= 0.6 is 11.8 Å². The molecule has 0 aliphatic rings. The van der Waals surface area contributed by atoms with Crippen LogP contribution in [0.3, 0.4) is 0 Å². The summed E-state index contributed by atoms with van der Waals surface area (Å²) in [5.74, 6) is 0.571. The van der Waals surface area contributed by atoms with Gasteiger partial charge in [0.25, 0.3) is 11.5 Å². The zero-order chi connectivity index (χ0) is 24.8.